The second kappa shape index (κ2) is 7.14. The van der Waals surface area contributed by atoms with Gasteiger partial charge in [-0.3, -0.25) is 4.79 Å². The topological polar surface area (TPSA) is 55.1 Å². The van der Waals surface area contributed by atoms with E-state index in [1.165, 1.54) is 25.7 Å². The lowest BCUT2D eigenvalue weighted by molar-refractivity contribution is -0.122. The number of nitrogens with two attached hydrogens (primary N) is 1. The van der Waals surface area contributed by atoms with E-state index in [2.05, 4.69) is 11.6 Å². The van der Waals surface area contributed by atoms with E-state index in [4.69, 9.17) is 5.73 Å². The molecule has 1 aliphatic rings. The summed E-state index contributed by atoms with van der Waals surface area (Å²) in [6.07, 6.45) is 7.10. The monoisotopic (exact) mass is 292 g/mol. The number of benzene rings is 1. The van der Waals surface area contributed by atoms with Gasteiger partial charge in [-0.05, 0) is 24.7 Å². The minimum Gasteiger partial charge on any atom is -0.354 e. The van der Waals surface area contributed by atoms with Crippen molar-refractivity contribution in [3.63, 3.8) is 0 Å². The van der Waals surface area contributed by atoms with Crippen LogP contribution in [-0.4, -0.2) is 30.0 Å². The number of thioether (sulfide) groups is 1. The zero-order valence-corrected chi connectivity index (χ0v) is 12.9. The minimum absolute atomic E-state index is 0.0547. The lowest BCUT2D eigenvalue weighted by atomic mass is 9.98. The summed E-state index contributed by atoms with van der Waals surface area (Å²) in [6, 6.07) is 9.79. The fraction of sp³-hybridized carbons (Fsp3) is 0.562. The van der Waals surface area contributed by atoms with Crippen LogP contribution in [0.3, 0.4) is 0 Å². The van der Waals surface area contributed by atoms with Crippen molar-refractivity contribution in [1.29, 1.82) is 0 Å². The Morgan fingerprint density at radius 2 is 2.00 bits per heavy atom. The Bertz CT molecular complexity index is 429. The van der Waals surface area contributed by atoms with E-state index in [1.807, 2.05) is 42.1 Å². The van der Waals surface area contributed by atoms with Crippen LogP contribution in [0.15, 0.2) is 30.3 Å². The van der Waals surface area contributed by atoms with Crippen LogP contribution < -0.4 is 11.1 Å². The number of rotatable bonds is 6. The highest BCUT2D eigenvalue weighted by atomic mass is 32.2. The number of nitrogens with one attached hydrogen (secondary N) is 1. The molecule has 3 nitrogen and oxygen atoms in total. The Hall–Kier alpha value is -1.00. The molecule has 1 fully saturated rings. The SMILES string of the molecule is CSC1(CNC(=O)C(CN)c2ccccc2)CCCC1. The third kappa shape index (κ3) is 3.55. The number of carbonyl (C=O) groups is 1. The van der Waals surface area contributed by atoms with Gasteiger partial charge in [-0.1, -0.05) is 43.2 Å². The molecule has 0 heterocycles. The summed E-state index contributed by atoms with van der Waals surface area (Å²) in [6.45, 7) is 1.11. The van der Waals surface area contributed by atoms with Crippen molar-refractivity contribution in [2.75, 3.05) is 19.3 Å². The van der Waals surface area contributed by atoms with Crippen LogP contribution in [0.2, 0.25) is 0 Å². The van der Waals surface area contributed by atoms with Gasteiger partial charge >= 0.3 is 0 Å². The van der Waals surface area contributed by atoms with Gasteiger partial charge in [-0.15, -0.1) is 0 Å². The van der Waals surface area contributed by atoms with Crippen LogP contribution in [0, 0.1) is 0 Å². The van der Waals surface area contributed by atoms with Crippen molar-refractivity contribution in [3.05, 3.63) is 35.9 Å². The molecule has 0 aromatic heterocycles. The molecule has 0 bridgehead atoms. The first-order chi connectivity index (χ1) is 9.71. The van der Waals surface area contributed by atoms with Crippen molar-refractivity contribution in [2.24, 2.45) is 5.73 Å². The first-order valence-corrected chi connectivity index (χ1v) is 8.51. The molecule has 1 atom stereocenters. The van der Waals surface area contributed by atoms with Crippen molar-refractivity contribution < 1.29 is 4.79 Å². The number of hydrogen-bond acceptors (Lipinski definition) is 3. The Labute approximate surface area is 125 Å². The molecule has 1 amide bonds. The quantitative estimate of drug-likeness (QED) is 0.847. The molecule has 1 saturated carbocycles. The summed E-state index contributed by atoms with van der Waals surface area (Å²) >= 11 is 1.89. The van der Waals surface area contributed by atoms with Crippen molar-refractivity contribution in [1.82, 2.24) is 5.32 Å². The van der Waals surface area contributed by atoms with Crippen molar-refractivity contribution >= 4 is 17.7 Å². The van der Waals surface area contributed by atoms with E-state index in [9.17, 15) is 4.79 Å². The van der Waals surface area contributed by atoms with Gasteiger partial charge in [0.2, 0.25) is 5.91 Å². The lowest BCUT2D eigenvalue weighted by Crippen LogP contribution is -2.42. The molecular formula is C16H24N2OS. The average Bonchev–Trinajstić information content (AvgIpc) is 2.97. The molecular weight excluding hydrogens is 268 g/mol. The van der Waals surface area contributed by atoms with Crippen molar-refractivity contribution in [2.45, 2.75) is 36.3 Å². The third-order valence-electron chi connectivity index (χ3n) is 4.29. The predicted octanol–water partition coefficient (Wildman–Crippen LogP) is 2.52. The highest BCUT2D eigenvalue weighted by Crippen LogP contribution is 2.39. The van der Waals surface area contributed by atoms with Gasteiger partial charge in [0.05, 0.1) is 5.92 Å². The van der Waals surface area contributed by atoms with E-state index in [0.717, 1.165) is 12.1 Å². The van der Waals surface area contributed by atoms with Gasteiger partial charge in [0.25, 0.3) is 0 Å². The van der Waals surface area contributed by atoms with Gasteiger partial charge in [-0.25, -0.2) is 0 Å². The predicted molar refractivity (Wildman–Crippen MR) is 86.0 cm³/mol. The van der Waals surface area contributed by atoms with Crippen LogP contribution in [-0.2, 0) is 4.79 Å². The molecule has 0 saturated heterocycles. The number of amides is 1. The molecule has 1 aromatic carbocycles. The van der Waals surface area contributed by atoms with Crippen LogP contribution in [0.1, 0.15) is 37.2 Å². The maximum atomic E-state index is 12.4. The Kier molecular flexibility index (Phi) is 5.49. The summed E-state index contributed by atoms with van der Waals surface area (Å²) in [5, 5.41) is 3.13. The van der Waals surface area contributed by atoms with Gasteiger partial charge in [0.15, 0.2) is 0 Å². The Morgan fingerprint density at radius 1 is 1.35 bits per heavy atom. The normalized spacial score (nSPS) is 18.7. The van der Waals surface area contributed by atoms with E-state index >= 15 is 0 Å². The Morgan fingerprint density at radius 3 is 2.55 bits per heavy atom. The third-order valence-corrected chi connectivity index (χ3v) is 5.71. The van der Waals surface area contributed by atoms with E-state index in [1.54, 1.807) is 0 Å². The fourth-order valence-electron chi connectivity index (χ4n) is 2.92. The summed E-state index contributed by atoms with van der Waals surface area (Å²) < 4.78 is 0.242. The largest absolute Gasteiger partial charge is 0.354 e. The maximum Gasteiger partial charge on any atom is 0.228 e. The maximum absolute atomic E-state index is 12.4. The summed E-state index contributed by atoms with van der Waals surface area (Å²) in [5.74, 6) is -0.185. The fourth-order valence-corrected chi connectivity index (χ4v) is 3.84. The number of carbonyl (C=O) groups excluding carboxylic acids is 1. The summed E-state index contributed by atoms with van der Waals surface area (Å²) in [4.78, 5) is 12.4. The lowest BCUT2D eigenvalue weighted by Gasteiger charge is -2.28. The molecule has 2 rings (SSSR count). The molecule has 3 N–H and O–H groups in total. The van der Waals surface area contributed by atoms with E-state index < -0.39 is 0 Å². The van der Waals surface area contributed by atoms with Crippen LogP contribution in [0.25, 0.3) is 0 Å². The van der Waals surface area contributed by atoms with E-state index in [-0.39, 0.29) is 16.6 Å². The highest BCUT2D eigenvalue weighted by molar-refractivity contribution is 8.00. The molecule has 0 aliphatic heterocycles. The molecule has 1 aromatic rings. The van der Waals surface area contributed by atoms with E-state index in [0.29, 0.717) is 6.54 Å². The summed E-state index contributed by atoms with van der Waals surface area (Å²) in [7, 11) is 0. The first kappa shape index (κ1) is 15.4. The molecule has 4 heteroatoms. The Balaban J connectivity index is 1.96. The summed E-state index contributed by atoms with van der Waals surface area (Å²) in [5.41, 5.74) is 6.79. The second-order valence-corrected chi connectivity index (χ2v) is 6.79. The van der Waals surface area contributed by atoms with Gasteiger partial charge in [-0.2, -0.15) is 11.8 Å². The molecule has 0 radical (unpaired) electrons. The zero-order chi connectivity index (χ0) is 14.4. The standard InChI is InChI=1S/C16H24N2OS/c1-20-16(9-5-6-10-16)12-18-15(19)14(11-17)13-7-3-2-4-8-13/h2-4,7-8,14H,5-6,9-12,17H2,1H3,(H,18,19). The molecule has 1 aliphatic carbocycles. The molecule has 20 heavy (non-hydrogen) atoms. The van der Waals surface area contributed by atoms with Crippen LogP contribution in [0.4, 0.5) is 0 Å². The first-order valence-electron chi connectivity index (χ1n) is 7.29. The molecule has 0 spiro atoms. The molecule has 110 valence electrons. The van der Waals surface area contributed by atoms with Crippen molar-refractivity contribution in [3.8, 4) is 0 Å². The average molecular weight is 292 g/mol. The zero-order valence-electron chi connectivity index (χ0n) is 12.1. The van der Waals surface area contributed by atoms with Gasteiger partial charge < -0.3 is 11.1 Å². The van der Waals surface area contributed by atoms with Gasteiger partial charge in [0.1, 0.15) is 0 Å². The highest BCUT2D eigenvalue weighted by Gasteiger charge is 2.33. The van der Waals surface area contributed by atoms with Gasteiger partial charge in [0, 0.05) is 17.8 Å². The second-order valence-electron chi connectivity index (χ2n) is 5.51. The van der Waals surface area contributed by atoms with Crippen LogP contribution in [0.5, 0.6) is 0 Å². The smallest absolute Gasteiger partial charge is 0.228 e. The minimum atomic E-state index is -0.239. The number of hydrogen-bond donors (Lipinski definition) is 2. The van der Waals surface area contributed by atoms with Crippen LogP contribution >= 0.6 is 11.8 Å². The molecule has 1 unspecified atom stereocenters.